The highest BCUT2D eigenvalue weighted by atomic mass is 14.4. The molecule has 1 fully saturated rings. The SMILES string of the molecule is CCC1(C2=CCCCC2)CCCCC1. The Morgan fingerprint density at radius 3 is 2.43 bits per heavy atom. The summed E-state index contributed by atoms with van der Waals surface area (Å²) in [4.78, 5) is 0. The quantitative estimate of drug-likeness (QED) is 0.549. The van der Waals surface area contributed by atoms with Gasteiger partial charge in [0.15, 0.2) is 0 Å². The van der Waals surface area contributed by atoms with Crippen molar-refractivity contribution in [3.8, 4) is 0 Å². The first-order valence-corrected chi connectivity index (χ1v) is 6.57. The Morgan fingerprint density at radius 2 is 1.86 bits per heavy atom. The molecule has 0 aromatic rings. The minimum absolute atomic E-state index is 0.651. The van der Waals surface area contributed by atoms with E-state index in [1.165, 1.54) is 64.2 Å². The van der Waals surface area contributed by atoms with Crippen LogP contribution in [0.25, 0.3) is 0 Å². The van der Waals surface area contributed by atoms with Crippen molar-refractivity contribution in [3.63, 3.8) is 0 Å². The van der Waals surface area contributed by atoms with E-state index >= 15 is 0 Å². The fourth-order valence-electron chi connectivity index (χ4n) is 3.45. The molecule has 0 atom stereocenters. The standard InChI is InChI=1S/C14H24/c1-2-14(11-7-4-8-12-14)13-9-5-3-6-10-13/h9H,2-8,10-12H2,1H3. The van der Waals surface area contributed by atoms with Gasteiger partial charge in [0.1, 0.15) is 0 Å². The van der Waals surface area contributed by atoms with Gasteiger partial charge in [-0.25, -0.2) is 0 Å². The zero-order valence-corrected chi connectivity index (χ0v) is 9.65. The molecular weight excluding hydrogens is 168 g/mol. The molecule has 0 amide bonds. The van der Waals surface area contributed by atoms with Gasteiger partial charge in [0.2, 0.25) is 0 Å². The van der Waals surface area contributed by atoms with Crippen molar-refractivity contribution in [1.29, 1.82) is 0 Å². The lowest BCUT2D eigenvalue weighted by molar-refractivity contribution is 0.220. The van der Waals surface area contributed by atoms with Crippen molar-refractivity contribution >= 4 is 0 Å². The van der Waals surface area contributed by atoms with E-state index in [4.69, 9.17) is 0 Å². The summed E-state index contributed by atoms with van der Waals surface area (Å²) < 4.78 is 0. The van der Waals surface area contributed by atoms with Crippen LogP contribution in [0, 0.1) is 5.41 Å². The van der Waals surface area contributed by atoms with Gasteiger partial charge in [-0.2, -0.15) is 0 Å². The number of hydrogen-bond acceptors (Lipinski definition) is 0. The maximum Gasteiger partial charge on any atom is -0.00907 e. The summed E-state index contributed by atoms with van der Waals surface area (Å²) in [5, 5.41) is 0. The fraction of sp³-hybridized carbons (Fsp3) is 0.857. The van der Waals surface area contributed by atoms with Crippen LogP contribution >= 0.6 is 0 Å². The molecule has 0 unspecified atom stereocenters. The highest BCUT2D eigenvalue weighted by Gasteiger charge is 2.33. The topological polar surface area (TPSA) is 0 Å². The molecule has 2 aliphatic carbocycles. The number of allylic oxidation sites excluding steroid dienone is 2. The van der Waals surface area contributed by atoms with Gasteiger partial charge < -0.3 is 0 Å². The lowest BCUT2D eigenvalue weighted by Gasteiger charge is -2.40. The molecule has 2 rings (SSSR count). The molecule has 2 aliphatic rings. The van der Waals surface area contributed by atoms with Gasteiger partial charge in [-0.1, -0.05) is 37.8 Å². The average molecular weight is 192 g/mol. The first kappa shape index (κ1) is 10.3. The molecule has 0 bridgehead atoms. The van der Waals surface area contributed by atoms with E-state index in [0.29, 0.717) is 5.41 Å². The Labute approximate surface area is 88.8 Å². The van der Waals surface area contributed by atoms with E-state index in [9.17, 15) is 0 Å². The summed E-state index contributed by atoms with van der Waals surface area (Å²) in [6, 6.07) is 0. The smallest absolute Gasteiger partial charge is 0.00907 e. The molecular formula is C14H24. The summed E-state index contributed by atoms with van der Waals surface area (Å²) in [5.74, 6) is 0. The number of rotatable bonds is 2. The molecule has 80 valence electrons. The van der Waals surface area contributed by atoms with Crippen LogP contribution in [0.1, 0.15) is 71.1 Å². The average Bonchev–Trinajstić information content (AvgIpc) is 2.31. The first-order valence-electron chi connectivity index (χ1n) is 6.57. The van der Waals surface area contributed by atoms with Crippen LogP contribution in [0.3, 0.4) is 0 Å². The molecule has 0 spiro atoms. The maximum atomic E-state index is 2.58. The van der Waals surface area contributed by atoms with Gasteiger partial charge in [-0.15, -0.1) is 0 Å². The molecule has 0 aromatic heterocycles. The van der Waals surface area contributed by atoms with Crippen LogP contribution < -0.4 is 0 Å². The summed E-state index contributed by atoms with van der Waals surface area (Å²) in [7, 11) is 0. The third kappa shape index (κ3) is 1.89. The summed E-state index contributed by atoms with van der Waals surface area (Å²) in [5.41, 5.74) is 2.49. The predicted molar refractivity (Wildman–Crippen MR) is 62.4 cm³/mol. The lowest BCUT2D eigenvalue weighted by Crippen LogP contribution is -2.26. The highest BCUT2D eigenvalue weighted by Crippen LogP contribution is 2.47. The Kier molecular flexibility index (Phi) is 3.30. The molecule has 14 heavy (non-hydrogen) atoms. The Balaban J connectivity index is 2.12. The van der Waals surface area contributed by atoms with Crippen molar-refractivity contribution in [2.75, 3.05) is 0 Å². The van der Waals surface area contributed by atoms with Crippen molar-refractivity contribution in [2.45, 2.75) is 71.1 Å². The van der Waals surface area contributed by atoms with Gasteiger partial charge in [-0.05, 0) is 50.4 Å². The second-order valence-electron chi connectivity index (χ2n) is 5.17. The number of hydrogen-bond donors (Lipinski definition) is 0. The molecule has 0 nitrogen and oxygen atoms in total. The van der Waals surface area contributed by atoms with Crippen molar-refractivity contribution < 1.29 is 0 Å². The second kappa shape index (κ2) is 4.51. The minimum atomic E-state index is 0.651. The van der Waals surface area contributed by atoms with E-state index < -0.39 is 0 Å². The molecule has 0 aliphatic heterocycles. The lowest BCUT2D eigenvalue weighted by atomic mass is 9.65. The van der Waals surface area contributed by atoms with Gasteiger partial charge in [0.05, 0.1) is 0 Å². The Morgan fingerprint density at radius 1 is 1.07 bits per heavy atom. The monoisotopic (exact) mass is 192 g/mol. The van der Waals surface area contributed by atoms with Crippen LogP contribution in [0.2, 0.25) is 0 Å². The maximum absolute atomic E-state index is 2.58. The normalized spacial score (nSPS) is 27.1. The van der Waals surface area contributed by atoms with E-state index in [1.54, 1.807) is 0 Å². The molecule has 0 saturated heterocycles. The third-order valence-electron chi connectivity index (χ3n) is 4.46. The van der Waals surface area contributed by atoms with E-state index in [-0.39, 0.29) is 0 Å². The van der Waals surface area contributed by atoms with Gasteiger partial charge >= 0.3 is 0 Å². The van der Waals surface area contributed by atoms with Crippen molar-refractivity contribution in [3.05, 3.63) is 11.6 Å². The molecule has 0 radical (unpaired) electrons. The van der Waals surface area contributed by atoms with Crippen LogP contribution in [0.5, 0.6) is 0 Å². The molecule has 0 heterocycles. The van der Waals surface area contributed by atoms with Crippen LogP contribution in [-0.4, -0.2) is 0 Å². The van der Waals surface area contributed by atoms with Gasteiger partial charge in [-0.3, -0.25) is 0 Å². The first-order chi connectivity index (χ1) is 6.87. The van der Waals surface area contributed by atoms with E-state index in [2.05, 4.69) is 13.0 Å². The molecule has 0 aromatic carbocycles. The Bertz CT molecular complexity index is 206. The largest absolute Gasteiger partial charge is 0.0848 e. The van der Waals surface area contributed by atoms with Crippen molar-refractivity contribution in [1.82, 2.24) is 0 Å². The zero-order chi connectivity index (χ0) is 9.86. The van der Waals surface area contributed by atoms with Crippen LogP contribution in [0.15, 0.2) is 11.6 Å². The molecule has 0 heteroatoms. The zero-order valence-electron chi connectivity index (χ0n) is 9.65. The fourth-order valence-corrected chi connectivity index (χ4v) is 3.45. The second-order valence-corrected chi connectivity index (χ2v) is 5.17. The van der Waals surface area contributed by atoms with Gasteiger partial charge in [0.25, 0.3) is 0 Å². The third-order valence-corrected chi connectivity index (χ3v) is 4.46. The molecule has 1 saturated carbocycles. The Hall–Kier alpha value is -0.260. The summed E-state index contributed by atoms with van der Waals surface area (Å²) in [6.07, 6.45) is 17.0. The predicted octanol–water partition coefficient (Wildman–Crippen LogP) is 4.85. The van der Waals surface area contributed by atoms with Gasteiger partial charge in [0, 0.05) is 0 Å². The minimum Gasteiger partial charge on any atom is -0.0848 e. The van der Waals surface area contributed by atoms with Crippen molar-refractivity contribution in [2.24, 2.45) is 5.41 Å². The highest BCUT2D eigenvalue weighted by molar-refractivity contribution is 5.17. The van der Waals surface area contributed by atoms with Crippen LogP contribution in [-0.2, 0) is 0 Å². The summed E-state index contributed by atoms with van der Waals surface area (Å²) >= 11 is 0. The van der Waals surface area contributed by atoms with E-state index in [1.807, 2.05) is 5.57 Å². The van der Waals surface area contributed by atoms with E-state index in [0.717, 1.165) is 0 Å². The van der Waals surface area contributed by atoms with Crippen LogP contribution in [0.4, 0.5) is 0 Å². The molecule has 0 N–H and O–H groups in total. The summed E-state index contributed by atoms with van der Waals surface area (Å²) in [6.45, 7) is 2.40.